The standard InChI is InChI=1S/C15H23ClN2O2/c1-2-7-18-9-12(16)8-14(18)15(20)17-13-6-4-3-5-11(13)10-19/h8-9,11,13,19H,2-7,10H2,1H3,(H,17,20). The van der Waals surface area contributed by atoms with Crippen LogP contribution in [-0.4, -0.2) is 28.2 Å². The third kappa shape index (κ3) is 3.55. The van der Waals surface area contributed by atoms with Gasteiger partial charge in [0.1, 0.15) is 5.69 Å². The van der Waals surface area contributed by atoms with Crippen molar-refractivity contribution >= 4 is 17.5 Å². The minimum atomic E-state index is -0.0873. The number of nitrogens with zero attached hydrogens (tertiary/aromatic N) is 1. The Labute approximate surface area is 125 Å². The van der Waals surface area contributed by atoms with E-state index in [0.29, 0.717) is 10.7 Å². The van der Waals surface area contributed by atoms with Crippen LogP contribution in [0.15, 0.2) is 12.3 Å². The van der Waals surface area contributed by atoms with Crippen molar-refractivity contribution < 1.29 is 9.90 Å². The fourth-order valence-corrected chi connectivity index (χ4v) is 3.17. The zero-order valence-electron chi connectivity index (χ0n) is 11.9. The van der Waals surface area contributed by atoms with Crippen LogP contribution < -0.4 is 5.32 Å². The van der Waals surface area contributed by atoms with Crippen molar-refractivity contribution in [2.45, 2.75) is 51.6 Å². The van der Waals surface area contributed by atoms with Crippen molar-refractivity contribution in [3.63, 3.8) is 0 Å². The molecule has 1 heterocycles. The minimum absolute atomic E-state index is 0.0741. The molecule has 1 amide bonds. The number of carbonyl (C=O) groups is 1. The molecule has 4 nitrogen and oxygen atoms in total. The quantitative estimate of drug-likeness (QED) is 0.878. The Morgan fingerprint density at radius 1 is 1.50 bits per heavy atom. The number of halogens is 1. The predicted octanol–water partition coefficient (Wildman–Crippen LogP) is 2.83. The fourth-order valence-electron chi connectivity index (χ4n) is 2.95. The number of amides is 1. The van der Waals surface area contributed by atoms with E-state index in [-0.39, 0.29) is 24.5 Å². The van der Waals surface area contributed by atoms with Crippen LogP contribution in [-0.2, 0) is 6.54 Å². The number of aliphatic hydroxyl groups excluding tert-OH is 1. The third-order valence-corrected chi connectivity index (χ3v) is 4.23. The van der Waals surface area contributed by atoms with Gasteiger partial charge in [-0.2, -0.15) is 0 Å². The summed E-state index contributed by atoms with van der Waals surface area (Å²) in [5.41, 5.74) is 0.610. The number of carbonyl (C=O) groups excluding carboxylic acids is 1. The van der Waals surface area contributed by atoms with Gasteiger partial charge in [-0.25, -0.2) is 0 Å². The molecule has 1 aliphatic rings. The molecule has 1 aromatic rings. The molecule has 0 bridgehead atoms. The van der Waals surface area contributed by atoms with Crippen molar-refractivity contribution in [3.8, 4) is 0 Å². The van der Waals surface area contributed by atoms with Gasteiger partial charge >= 0.3 is 0 Å². The molecule has 2 N–H and O–H groups in total. The first-order valence-electron chi connectivity index (χ1n) is 7.43. The molecule has 0 aliphatic heterocycles. The molecule has 0 radical (unpaired) electrons. The molecule has 0 aromatic carbocycles. The van der Waals surface area contributed by atoms with Crippen LogP contribution in [0.3, 0.4) is 0 Å². The first-order chi connectivity index (χ1) is 9.65. The van der Waals surface area contributed by atoms with E-state index in [1.165, 1.54) is 0 Å². The van der Waals surface area contributed by atoms with Crippen LogP contribution in [0.25, 0.3) is 0 Å². The zero-order chi connectivity index (χ0) is 14.5. The van der Waals surface area contributed by atoms with Crippen LogP contribution in [0.5, 0.6) is 0 Å². The number of aliphatic hydroxyl groups is 1. The van der Waals surface area contributed by atoms with Crippen molar-refractivity contribution in [2.75, 3.05) is 6.61 Å². The van der Waals surface area contributed by atoms with Gasteiger partial charge < -0.3 is 15.0 Å². The molecule has 2 atom stereocenters. The van der Waals surface area contributed by atoms with Crippen LogP contribution >= 0.6 is 11.6 Å². The highest BCUT2D eigenvalue weighted by Crippen LogP contribution is 2.24. The van der Waals surface area contributed by atoms with E-state index in [2.05, 4.69) is 12.2 Å². The molecule has 2 rings (SSSR count). The van der Waals surface area contributed by atoms with Gasteiger partial charge in [-0.05, 0) is 25.3 Å². The molecule has 2 unspecified atom stereocenters. The molecule has 112 valence electrons. The molecule has 1 saturated carbocycles. The molecule has 5 heteroatoms. The lowest BCUT2D eigenvalue weighted by atomic mass is 9.85. The molecule has 0 saturated heterocycles. The van der Waals surface area contributed by atoms with Crippen LogP contribution in [0.4, 0.5) is 0 Å². The van der Waals surface area contributed by atoms with E-state index in [0.717, 1.165) is 38.6 Å². The first kappa shape index (κ1) is 15.4. The second-order valence-electron chi connectivity index (χ2n) is 5.54. The van der Waals surface area contributed by atoms with Gasteiger partial charge in [0.05, 0.1) is 5.02 Å². The lowest BCUT2D eigenvalue weighted by Crippen LogP contribution is -2.43. The molecular weight excluding hydrogens is 276 g/mol. The maximum absolute atomic E-state index is 12.4. The summed E-state index contributed by atoms with van der Waals surface area (Å²) < 4.78 is 1.90. The maximum atomic E-state index is 12.4. The van der Waals surface area contributed by atoms with Crippen LogP contribution in [0.1, 0.15) is 49.5 Å². The number of hydrogen-bond donors (Lipinski definition) is 2. The average Bonchev–Trinajstić information content (AvgIpc) is 2.81. The number of hydrogen-bond acceptors (Lipinski definition) is 2. The van der Waals surface area contributed by atoms with E-state index >= 15 is 0 Å². The topological polar surface area (TPSA) is 54.3 Å². The van der Waals surface area contributed by atoms with Crippen LogP contribution in [0, 0.1) is 5.92 Å². The first-order valence-corrected chi connectivity index (χ1v) is 7.81. The highest BCUT2D eigenvalue weighted by atomic mass is 35.5. The van der Waals surface area contributed by atoms with Gasteiger partial charge in [-0.1, -0.05) is 31.4 Å². The van der Waals surface area contributed by atoms with Gasteiger partial charge in [0.2, 0.25) is 0 Å². The molecule has 0 spiro atoms. The lowest BCUT2D eigenvalue weighted by Gasteiger charge is -2.30. The maximum Gasteiger partial charge on any atom is 0.268 e. The van der Waals surface area contributed by atoms with Gasteiger partial charge in [0.25, 0.3) is 5.91 Å². The zero-order valence-corrected chi connectivity index (χ0v) is 12.7. The molecule has 20 heavy (non-hydrogen) atoms. The number of aryl methyl sites for hydroxylation is 1. The van der Waals surface area contributed by atoms with Gasteiger partial charge in [-0.15, -0.1) is 0 Å². The predicted molar refractivity (Wildman–Crippen MR) is 80.0 cm³/mol. The summed E-state index contributed by atoms with van der Waals surface area (Å²) in [6.45, 7) is 2.99. The minimum Gasteiger partial charge on any atom is -0.396 e. The second kappa shape index (κ2) is 7.14. The molecule has 1 fully saturated rings. The van der Waals surface area contributed by atoms with E-state index in [1.807, 2.05) is 4.57 Å². The second-order valence-corrected chi connectivity index (χ2v) is 5.98. The summed E-state index contributed by atoms with van der Waals surface area (Å²) in [5, 5.41) is 13.1. The highest BCUT2D eigenvalue weighted by molar-refractivity contribution is 6.31. The van der Waals surface area contributed by atoms with E-state index in [1.54, 1.807) is 12.3 Å². The Morgan fingerprint density at radius 2 is 2.25 bits per heavy atom. The summed E-state index contributed by atoms with van der Waals surface area (Å²) in [4.78, 5) is 12.4. The summed E-state index contributed by atoms with van der Waals surface area (Å²) in [6.07, 6.45) is 6.92. The van der Waals surface area contributed by atoms with Gasteiger partial charge in [0, 0.05) is 31.3 Å². The summed E-state index contributed by atoms with van der Waals surface area (Å²) in [5.74, 6) is 0.0912. The monoisotopic (exact) mass is 298 g/mol. The Morgan fingerprint density at radius 3 is 2.95 bits per heavy atom. The Balaban J connectivity index is 2.07. The van der Waals surface area contributed by atoms with Crippen molar-refractivity contribution in [1.29, 1.82) is 0 Å². The number of aromatic nitrogens is 1. The van der Waals surface area contributed by atoms with E-state index < -0.39 is 0 Å². The average molecular weight is 299 g/mol. The van der Waals surface area contributed by atoms with Gasteiger partial charge in [-0.3, -0.25) is 4.79 Å². The molecule has 1 aliphatic carbocycles. The number of nitrogens with one attached hydrogen (secondary N) is 1. The third-order valence-electron chi connectivity index (χ3n) is 4.02. The van der Waals surface area contributed by atoms with E-state index in [4.69, 9.17) is 11.6 Å². The Kier molecular flexibility index (Phi) is 5.49. The Hall–Kier alpha value is -1.00. The van der Waals surface area contributed by atoms with Crippen molar-refractivity contribution in [3.05, 3.63) is 23.0 Å². The largest absolute Gasteiger partial charge is 0.396 e. The number of rotatable bonds is 5. The van der Waals surface area contributed by atoms with Crippen LogP contribution in [0.2, 0.25) is 5.02 Å². The van der Waals surface area contributed by atoms with E-state index in [9.17, 15) is 9.90 Å². The normalized spacial score (nSPS) is 22.8. The summed E-state index contributed by atoms with van der Waals surface area (Å²) >= 11 is 6.00. The van der Waals surface area contributed by atoms with Crippen molar-refractivity contribution in [1.82, 2.24) is 9.88 Å². The SMILES string of the molecule is CCCn1cc(Cl)cc1C(=O)NC1CCCCC1CO. The summed E-state index contributed by atoms with van der Waals surface area (Å²) in [6, 6.07) is 1.79. The van der Waals surface area contributed by atoms with Gasteiger partial charge in [0.15, 0.2) is 0 Å². The Bertz CT molecular complexity index is 459. The fraction of sp³-hybridized carbons (Fsp3) is 0.667. The molecular formula is C15H23ClN2O2. The lowest BCUT2D eigenvalue weighted by molar-refractivity contribution is 0.0863. The smallest absolute Gasteiger partial charge is 0.268 e. The molecule has 1 aromatic heterocycles. The highest BCUT2D eigenvalue weighted by Gasteiger charge is 2.27. The summed E-state index contributed by atoms with van der Waals surface area (Å²) in [7, 11) is 0. The van der Waals surface area contributed by atoms with Crippen molar-refractivity contribution in [2.24, 2.45) is 5.92 Å².